The van der Waals surface area contributed by atoms with Gasteiger partial charge in [-0.05, 0) is 41.5 Å². The molecule has 0 saturated heterocycles. The number of hydrogen-bond donors (Lipinski definition) is 1. The number of rotatable bonds is 2. The van der Waals surface area contributed by atoms with Crippen LogP contribution in [0, 0.1) is 0 Å². The fourth-order valence-corrected chi connectivity index (χ4v) is 4.74. The van der Waals surface area contributed by atoms with Crippen molar-refractivity contribution < 1.29 is 0 Å². The van der Waals surface area contributed by atoms with Crippen LogP contribution in [-0.4, -0.2) is 15.7 Å². The van der Waals surface area contributed by atoms with Gasteiger partial charge in [-0.3, -0.25) is 9.36 Å². The molecule has 4 aromatic rings. The monoisotopic (exact) mass is 495 g/mol. The van der Waals surface area contributed by atoms with E-state index < -0.39 is 0 Å². The molecule has 0 saturated carbocycles. The molecule has 1 aliphatic rings. The van der Waals surface area contributed by atoms with E-state index in [2.05, 4.69) is 29.1 Å². The van der Waals surface area contributed by atoms with E-state index in [1.54, 1.807) is 29.0 Å². The minimum Gasteiger partial charge on any atom is -0.347 e. The normalized spacial score (nSPS) is 12.7. The summed E-state index contributed by atoms with van der Waals surface area (Å²) in [7, 11) is 2.10. The Kier molecular flexibility index (Phi) is 7.09. The van der Waals surface area contributed by atoms with E-state index in [1.807, 2.05) is 18.2 Å². The van der Waals surface area contributed by atoms with Crippen molar-refractivity contribution in [3.63, 3.8) is 0 Å². The Bertz CT molecular complexity index is 1330. The standard InChI is InChI=1S/C23H19Cl2N3O.2ClH/c1-27-21-6-8-26-13-19(21)18-5-3-16(12-22(18)27)28-9-7-14(10-23(28)29)17-4-2-15(24)11-20(17)25;;/h2-5,7,9-12,26H,6,8,13H2,1H3;2*1H. The minimum atomic E-state index is -0.103. The van der Waals surface area contributed by atoms with Crippen molar-refractivity contribution >= 4 is 58.9 Å². The maximum absolute atomic E-state index is 12.9. The molecule has 3 heterocycles. The molecule has 0 radical (unpaired) electrons. The van der Waals surface area contributed by atoms with Crippen LogP contribution < -0.4 is 10.9 Å². The fourth-order valence-electron chi connectivity index (χ4n) is 4.23. The van der Waals surface area contributed by atoms with Gasteiger partial charge in [-0.25, -0.2) is 0 Å². The van der Waals surface area contributed by atoms with Crippen LogP contribution in [0.2, 0.25) is 10.0 Å². The average Bonchev–Trinajstić information content (AvgIpc) is 3.00. The number of aromatic nitrogens is 2. The first-order chi connectivity index (χ1) is 14.0. The molecular weight excluding hydrogens is 476 g/mol. The number of benzene rings is 2. The maximum Gasteiger partial charge on any atom is 0.255 e. The summed E-state index contributed by atoms with van der Waals surface area (Å²) in [6, 6.07) is 15.0. The molecule has 0 fully saturated rings. The summed E-state index contributed by atoms with van der Waals surface area (Å²) in [6.07, 6.45) is 2.82. The van der Waals surface area contributed by atoms with Gasteiger partial charge >= 0.3 is 0 Å². The first kappa shape index (κ1) is 23.7. The molecule has 8 heteroatoms. The van der Waals surface area contributed by atoms with E-state index in [0.717, 1.165) is 41.8 Å². The SMILES string of the molecule is Cl.Cl.Cn1c2c(c3ccc(-n4ccc(-c5ccc(Cl)cc5Cl)cc4=O)cc31)CNCC2. The Labute approximate surface area is 202 Å². The van der Waals surface area contributed by atoms with Crippen molar-refractivity contribution in [1.29, 1.82) is 0 Å². The van der Waals surface area contributed by atoms with Crippen LogP contribution in [0.15, 0.2) is 59.5 Å². The van der Waals surface area contributed by atoms with Gasteiger partial charge in [-0.15, -0.1) is 24.8 Å². The molecule has 0 spiro atoms. The number of fused-ring (bicyclic) bond motifs is 3. The van der Waals surface area contributed by atoms with Gasteiger partial charge in [-0.1, -0.05) is 35.3 Å². The number of aryl methyl sites for hydroxylation is 1. The highest BCUT2D eigenvalue weighted by atomic mass is 35.5. The van der Waals surface area contributed by atoms with Crippen LogP contribution in [0.5, 0.6) is 0 Å². The smallest absolute Gasteiger partial charge is 0.255 e. The van der Waals surface area contributed by atoms with Crippen LogP contribution in [0.4, 0.5) is 0 Å². The fraction of sp³-hybridized carbons (Fsp3) is 0.174. The highest BCUT2D eigenvalue weighted by Gasteiger charge is 2.18. The van der Waals surface area contributed by atoms with Crippen molar-refractivity contribution in [1.82, 2.24) is 14.5 Å². The number of halogens is 4. The van der Waals surface area contributed by atoms with E-state index in [0.29, 0.717) is 10.0 Å². The largest absolute Gasteiger partial charge is 0.347 e. The molecule has 0 aliphatic carbocycles. The number of pyridine rings is 1. The molecule has 1 N–H and O–H groups in total. The van der Waals surface area contributed by atoms with Gasteiger partial charge in [0.2, 0.25) is 0 Å². The van der Waals surface area contributed by atoms with Crippen LogP contribution in [0.25, 0.3) is 27.7 Å². The van der Waals surface area contributed by atoms with Gasteiger partial charge in [0.1, 0.15) is 0 Å². The van der Waals surface area contributed by atoms with Crippen molar-refractivity contribution in [2.45, 2.75) is 13.0 Å². The number of nitrogens with one attached hydrogen (secondary N) is 1. The average molecular weight is 497 g/mol. The molecule has 5 rings (SSSR count). The highest BCUT2D eigenvalue weighted by molar-refractivity contribution is 6.36. The quantitative estimate of drug-likeness (QED) is 0.381. The van der Waals surface area contributed by atoms with Crippen LogP contribution in [0.3, 0.4) is 0 Å². The Morgan fingerprint density at radius 3 is 2.55 bits per heavy atom. The predicted octanol–water partition coefficient (Wildman–Crippen LogP) is 5.79. The zero-order chi connectivity index (χ0) is 20.1. The Morgan fingerprint density at radius 1 is 1.00 bits per heavy atom. The molecule has 31 heavy (non-hydrogen) atoms. The Balaban J connectivity index is 0.00000136. The lowest BCUT2D eigenvalue weighted by atomic mass is 10.1. The third kappa shape index (κ3) is 4.11. The van der Waals surface area contributed by atoms with Gasteiger partial charge in [0.05, 0.1) is 11.2 Å². The third-order valence-corrected chi connectivity index (χ3v) is 6.25. The van der Waals surface area contributed by atoms with Crippen LogP contribution in [-0.2, 0) is 20.0 Å². The molecule has 1 aliphatic heterocycles. The van der Waals surface area contributed by atoms with E-state index in [-0.39, 0.29) is 30.4 Å². The zero-order valence-corrected chi connectivity index (χ0v) is 19.8. The van der Waals surface area contributed by atoms with E-state index in [4.69, 9.17) is 23.2 Å². The molecule has 0 atom stereocenters. The molecule has 0 unspecified atom stereocenters. The van der Waals surface area contributed by atoms with E-state index >= 15 is 0 Å². The van der Waals surface area contributed by atoms with Crippen LogP contribution >= 0.6 is 48.0 Å². The molecule has 0 bridgehead atoms. The third-order valence-electron chi connectivity index (χ3n) is 5.70. The zero-order valence-electron chi connectivity index (χ0n) is 16.7. The Morgan fingerprint density at radius 2 is 1.81 bits per heavy atom. The molecular formula is C23H21Cl4N3O. The second-order valence-corrected chi connectivity index (χ2v) is 8.20. The molecule has 2 aromatic heterocycles. The number of nitrogens with zero attached hydrogens (tertiary/aromatic N) is 2. The summed E-state index contributed by atoms with van der Waals surface area (Å²) in [5, 5.41) is 5.79. The second kappa shape index (κ2) is 9.27. The van der Waals surface area contributed by atoms with Gasteiger partial charge in [0, 0.05) is 65.5 Å². The topological polar surface area (TPSA) is 39.0 Å². The maximum atomic E-state index is 12.9. The molecule has 0 amide bonds. The lowest BCUT2D eigenvalue weighted by Crippen LogP contribution is -2.24. The van der Waals surface area contributed by atoms with Gasteiger partial charge in [0.15, 0.2) is 0 Å². The lowest BCUT2D eigenvalue weighted by molar-refractivity contribution is 0.622. The minimum absolute atomic E-state index is 0. The first-order valence-electron chi connectivity index (χ1n) is 9.52. The van der Waals surface area contributed by atoms with Gasteiger partial charge < -0.3 is 9.88 Å². The summed E-state index contributed by atoms with van der Waals surface area (Å²) in [5.41, 5.74) is 6.19. The van der Waals surface area contributed by atoms with E-state index in [1.165, 1.54) is 16.6 Å². The van der Waals surface area contributed by atoms with E-state index in [9.17, 15) is 4.79 Å². The molecule has 162 valence electrons. The summed E-state index contributed by atoms with van der Waals surface area (Å²) in [5.74, 6) is 0. The second-order valence-electron chi connectivity index (χ2n) is 7.36. The van der Waals surface area contributed by atoms with Crippen molar-refractivity contribution in [3.8, 4) is 16.8 Å². The van der Waals surface area contributed by atoms with Crippen molar-refractivity contribution in [3.05, 3.63) is 86.4 Å². The van der Waals surface area contributed by atoms with Crippen LogP contribution in [0.1, 0.15) is 11.3 Å². The van der Waals surface area contributed by atoms with Crippen molar-refractivity contribution in [2.24, 2.45) is 7.05 Å². The molecule has 2 aromatic carbocycles. The lowest BCUT2D eigenvalue weighted by Gasteiger charge is -2.14. The van der Waals surface area contributed by atoms with Crippen molar-refractivity contribution in [2.75, 3.05) is 6.54 Å². The molecule has 4 nitrogen and oxygen atoms in total. The van der Waals surface area contributed by atoms with Gasteiger partial charge in [-0.2, -0.15) is 0 Å². The summed E-state index contributed by atoms with van der Waals surface area (Å²) < 4.78 is 3.92. The Hall–Kier alpha value is -1.95. The number of hydrogen-bond acceptors (Lipinski definition) is 2. The predicted molar refractivity (Wildman–Crippen MR) is 134 cm³/mol. The summed E-state index contributed by atoms with van der Waals surface area (Å²) >= 11 is 12.3. The first-order valence-corrected chi connectivity index (χ1v) is 10.3. The van der Waals surface area contributed by atoms with Gasteiger partial charge in [0.25, 0.3) is 5.56 Å². The summed E-state index contributed by atoms with van der Waals surface area (Å²) in [6.45, 7) is 1.89. The highest BCUT2D eigenvalue weighted by Crippen LogP contribution is 2.31. The summed E-state index contributed by atoms with van der Waals surface area (Å²) in [4.78, 5) is 12.9.